The molecular weight excluding hydrogens is 388 g/mol. The van der Waals surface area contributed by atoms with Crippen molar-refractivity contribution in [3.8, 4) is 0 Å². The molecule has 154 valence electrons. The van der Waals surface area contributed by atoms with Crippen LogP contribution in [0.2, 0.25) is 0 Å². The lowest BCUT2D eigenvalue weighted by atomic mass is 10.1. The van der Waals surface area contributed by atoms with E-state index in [1.165, 1.54) is 37.5 Å². The first-order valence-electron chi connectivity index (χ1n) is 9.95. The lowest BCUT2D eigenvalue weighted by Crippen LogP contribution is -2.30. The normalized spacial score (nSPS) is 14.9. The van der Waals surface area contributed by atoms with Crippen molar-refractivity contribution in [3.63, 3.8) is 0 Å². The molecule has 3 rings (SSSR count). The summed E-state index contributed by atoms with van der Waals surface area (Å²) < 4.78 is 5.16. The van der Waals surface area contributed by atoms with Crippen molar-refractivity contribution >= 4 is 40.4 Å². The third-order valence-corrected chi connectivity index (χ3v) is 5.80. The second-order valence-corrected chi connectivity index (χ2v) is 8.06. The van der Waals surface area contributed by atoms with Crippen LogP contribution in [0.3, 0.4) is 0 Å². The van der Waals surface area contributed by atoms with E-state index < -0.39 is 18.0 Å². The zero-order chi connectivity index (χ0) is 20.6. The number of nitrogens with zero attached hydrogens (tertiary/aromatic N) is 1. The Bertz CT molecular complexity index is 827. The van der Waals surface area contributed by atoms with Gasteiger partial charge in [-0.1, -0.05) is 6.07 Å². The molecule has 0 spiro atoms. The summed E-state index contributed by atoms with van der Waals surface area (Å²) in [5.74, 6) is -1.05. The van der Waals surface area contributed by atoms with Gasteiger partial charge in [0.25, 0.3) is 5.91 Å². The number of ether oxygens (including phenoxy) is 1. The molecule has 0 saturated carbocycles. The van der Waals surface area contributed by atoms with Crippen molar-refractivity contribution < 1.29 is 19.1 Å². The average Bonchev–Trinajstić information content (AvgIpc) is 3.28. The Balaban J connectivity index is 1.43. The minimum Gasteiger partial charge on any atom is -0.453 e. The number of piperidine rings is 1. The van der Waals surface area contributed by atoms with Gasteiger partial charge < -0.3 is 15.0 Å². The number of ketones is 1. The molecule has 1 N–H and O–H groups in total. The lowest BCUT2D eigenvalue weighted by molar-refractivity contribution is -0.153. The molecule has 1 saturated heterocycles. The highest BCUT2D eigenvalue weighted by molar-refractivity contribution is 7.12. The summed E-state index contributed by atoms with van der Waals surface area (Å²) in [7, 11) is 0. The Morgan fingerprint density at radius 3 is 2.45 bits per heavy atom. The van der Waals surface area contributed by atoms with Crippen LogP contribution in [-0.4, -0.2) is 36.9 Å². The molecule has 2 aromatic rings. The van der Waals surface area contributed by atoms with E-state index in [1.54, 1.807) is 12.1 Å². The summed E-state index contributed by atoms with van der Waals surface area (Å²) in [5, 5.41) is 4.58. The lowest BCUT2D eigenvalue weighted by Gasteiger charge is -2.28. The minimum absolute atomic E-state index is 0.0428. The summed E-state index contributed by atoms with van der Waals surface area (Å²) in [6.45, 7) is 3.65. The predicted octanol–water partition coefficient (Wildman–Crippen LogP) is 4.27. The molecule has 0 bridgehead atoms. The van der Waals surface area contributed by atoms with Crippen LogP contribution < -0.4 is 10.2 Å². The van der Waals surface area contributed by atoms with E-state index in [1.807, 2.05) is 29.6 Å². The summed E-state index contributed by atoms with van der Waals surface area (Å²) in [6, 6.07) is 11.2. The SMILES string of the molecule is C[C@H](OC(=O)CCC(=O)c1cccs1)C(=O)Nc1ccc(N2CCCCC2)cc1. The zero-order valence-corrected chi connectivity index (χ0v) is 17.4. The molecule has 1 aromatic heterocycles. The van der Waals surface area contributed by atoms with Gasteiger partial charge in [-0.3, -0.25) is 14.4 Å². The fraction of sp³-hybridized carbons (Fsp3) is 0.409. The van der Waals surface area contributed by atoms with Gasteiger partial charge in [0.15, 0.2) is 11.9 Å². The monoisotopic (exact) mass is 414 g/mol. The van der Waals surface area contributed by atoms with Crippen molar-refractivity contribution in [1.82, 2.24) is 0 Å². The first kappa shape index (κ1) is 21.0. The number of rotatable bonds is 8. The molecule has 1 aromatic carbocycles. The van der Waals surface area contributed by atoms with Gasteiger partial charge in [0.1, 0.15) is 0 Å². The summed E-state index contributed by atoms with van der Waals surface area (Å²) in [5.41, 5.74) is 1.81. The van der Waals surface area contributed by atoms with Crippen LogP contribution in [0.1, 0.15) is 48.7 Å². The van der Waals surface area contributed by atoms with E-state index >= 15 is 0 Å². The third kappa shape index (κ3) is 6.15. The molecule has 1 atom stereocenters. The standard InChI is InChI=1S/C22H26N2O4S/c1-16(28-21(26)12-11-19(25)20-6-5-15-29-20)22(27)23-17-7-9-18(10-8-17)24-13-3-2-4-14-24/h5-10,15-16H,2-4,11-14H2,1H3,(H,23,27)/t16-/m0/s1. The summed E-state index contributed by atoms with van der Waals surface area (Å²) in [6.07, 6.45) is 2.80. The van der Waals surface area contributed by atoms with Crippen molar-refractivity contribution in [3.05, 3.63) is 46.7 Å². The van der Waals surface area contributed by atoms with Gasteiger partial charge in [-0.15, -0.1) is 11.3 Å². The quantitative estimate of drug-likeness (QED) is 0.516. The number of benzene rings is 1. The van der Waals surface area contributed by atoms with Crippen molar-refractivity contribution in [1.29, 1.82) is 0 Å². The smallest absolute Gasteiger partial charge is 0.307 e. The number of amides is 1. The van der Waals surface area contributed by atoms with E-state index in [9.17, 15) is 14.4 Å². The van der Waals surface area contributed by atoms with Gasteiger partial charge in [-0.05, 0) is 61.9 Å². The number of esters is 1. The van der Waals surface area contributed by atoms with Crippen LogP contribution in [0.4, 0.5) is 11.4 Å². The number of hydrogen-bond acceptors (Lipinski definition) is 6. The molecule has 0 radical (unpaired) electrons. The van der Waals surface area contributed by atoms with Gasteiger partial charge in [0, 0.05) is 30.9 Å². The topological polar surface area (TPSA) is 75.7 Å². The Labute approximate surface area is 174 Å². The number of thiophene rings is 1. The number of anilines is 2. The second-order valence-electron chi connectivity index (χ2n) is 7.12. The van der Waals surface area contributed by atoms with E-state index in [0.29, 0.717) is 10.6 Å². The fourth-order valence-electron chi connectivity index (χ4n) is 3.24. The number of nitrogens with one attached hydrogen (secondary N) is 1. The molecule has 1 amide bonds. The van der Waals surface area contributed by atoms with Gasteiger partial charge in [0.05, 0.1) is 11.3 Å². The number of carbonyl (C=O) groups excluding carboxylic acids is 3. The Morgan fingerprint density at radius 2 is 1.79 bits per heavy atom. The highest BCUT2D eigenvalue weighted by atomic mass is 32.1. The first-order valence-corrected chi connectivity index (χ1v) is 10.8. The van der Waals surface area contributed by atoms with Crippen LogP contribution in [0, 0.1) is 0 Å². The summed E-state index contributed by atoms with van der Waals surface area (Å²) in [4.78, 5) is 39.1. The molecule has 0 unspecified atom stereocenters. The van der Waals surface area contributed by atoms with E-state index in [4.69, 9.17) is 4.74 Å². The van der Waals surface area contributed by atoms with Crippen LogP contribution in [0.25, 0.3) is 0 Å². The average molecular weight is 415 g/mol. The van der Waals surface area contributed by atoms with Crippen molar-refractivity contribution in [2.45, 2.75) is 45.1 Å². The largest absolute Gasteiger partial charge is 0.453 e. The van der Waals surface area contributed by atoms with Crippen LogP contribution in [0.5, 0.6) is 0 Å². The van der Waals surface area contributed by atoms with Gasteiger partial charge in [-0.2, -0.15) is 0 Å². The molecular formula is C22H26N2O4S. The van der Waals surface area contributed by atoms with Crippen molar-refractivity contribution in [2.24, 2.45) is 0 Å². The molecule has 6 nitrogen and oxygen atoms in total. The number of Topliss-reactive ketones (excluding diaryl/α,β-unsaturated/α-hetero) is 1. The minimum atomic E-state index is -0.930. The predicted molar refractivity (Wildman–Crippen MR) is 115 cm³/mol. The van der Waals surface area contributed by atoms with Crippen LogP contribution in [0.15, 0.2) is 41.8 Å². The summed E-state index contributed by atoms with van der Waals surface area (Å²) >= 11 is 1.34. The maximum atomic E-state index is 12.3. The molecule has 7 heteroatoms. The Morgan fingerprint density at radius 1 is 1.07 bits per heavy atom. The van der Waals surface area contributed by atoms with Crippen molar-refractivity contribution in [2.75, 3.05) is 23.3 Å². The molecule has 29 heavy (non-hydrogen) atoms. The van der Waals surface area contributed by atoms with Gasteiger partial charge in [0.2, 0.25) is 0 Å². The maximum absolute atomic E-state index is 12.3. The van der Waals surface area contributed by atoms with E-state index in [-0.39, 0.29) is 18.6 Å². The third-order valence-electron chi connectivity index (χ3n) is 4.89. The van der Waals surface area contributed by atoms with E-state index in [2.05, 4.69) is 10.2 Å². The Kier molecular flexibility index (Phi) is 7.41. The van der Waals surface area contributed by atoms with Gasteiger partial charge in [-0.25, -0.2) is 0 Å². The molecule has 2 heterocycles. The molecule has 1 fully saturated rings. The fourth-order valence-corrected chi connectivity index (χ4v) is 3.93. The van der Waals surface area contributed by atoms with Crippen LogP contribution in [-0.2, 0) is 14.3 Å². The molecule has 1 aliphatic rings. The number of carbonyl (C=O) groups is 3. The zero-order valence-electron chi connectivity index (χ0n) is 16.6. The highest BCUT2D eigenvalue weighted by Crippen LogP contribution is 2.22. The maximum Gasteiger partial charge on any atom is 0.307 e. The number of hydrogen-bond donors (Lipinski definition) is 1. The second kappa shape index (κ2) is 10.2. The van der Waals surface area contributed by atoms with E-state index in [0.717, 1.165) is 18.8 Å². The van der Waals surface area contributed by atoms with Crippen LogP contribution >= 0.6 is 11.3 Å². The Hall–Kier alpha value is -2.67. The molecule has 1 aliphatic heterocycles. The van der Waals surface area contributed by atoms with Gasteiger partial charge >= 0.3 is 5.97 Å². The highest BCUT2D eigenvalue weighted by Gasteiger charge is 2.19. The molecule has 0 aliphatic carbocycles. The first-order chi connectivity index (χ1) is 14.0.